The van der Waals surface area contributed by atoms with Crippen molar-refractivity contribution in [3.63, 3.8) is 0 Å². The standard InChI is InChI=1S/C28H18F3N5O3S/c1-39-28-25(36-40(37,38)26-7-4-19(29)12-23(26)31)11-18(14-34-28)16-3-6-24-17(9-16)10-21(27(33)35-24)20-8-15(13-32)2-5-22(20)30/h2-12,14,36H,1H3,(H2,33,35). The number of benzene rings is 3. The summed E-state index contributed by atoms with van der Waals surface area (Å²) in [5, 5.41) is 9.79. The number of sulfonamides is 1. The van der Waals surface area contributed by atoms with E-state index < -0.39 is 32.4 Å². The van der Waals surface area contributed by atoms with Crippen LogP contribution in [0.3, 0.4) is 0 Å². The van der Waals surface area contributed by atoms with Gasteiger partial charge < -0.3 is 10.5 Å². The van der Waals surface area contributed by atoms with E-state index in [1.165, 1.54) is 37.6 Å². The molecule has 0 aliphatic carbocycles. The lowest BCUT2D eigenvalue weighted by Crippen LogP contribution is -2.15. The van der Waals surface area contributed by atoms with E-state index in [2.05, 4.69) is 14.7 Å². The third-order valence-electron chi connectivity index (χ3n) is 6.04. The summed E-state index contributed by atoms with van der Waals surface area (Å²) in [6, 6.07) is 16.2. The van der Waals surface area contributed by atoms with Crippen molar-refractivity contribution in [1.29, 1.82) is 5.26 Å². The summed E-state index contributed by atoms with van der Waals surface area (Å²) in [6.45, 7) is 0. The van der Waals surface area contributed by atoms with Crippen LogP contribution >= 0.6 is 0 Å². The number of nitrogens with one attached hydrogen (secondary N) is 1. The molecule has 0 saturated carbocycles. The Kier molecular flexibility index (Phi) is 6.74. The Labute approximate surface area is 226 Å². The number of nitriles is 1. The first kappa shape index (κ1) is 26.5. The SMILES string of the molecule is COc1ncc(-c2ccc3nc(N)c(-c4cc(C#N)ccc4F)cc3c2)cc1NS(=O)(=O)c1ccc(F)cc1F. The largest absolute Gasteiger partial charge is 0.480 e. The Morgan fingerprint density at radius 2 is 1.73 bits per heavy atom. The van der Waals surface area contributed by atoms with Gasteiger partial charge in [-0.15, -0.1) is 0 Å². The van der Waals surface area contributed by atoms with Crippen molar-refractivity contribution < 1.29 is 26.3 Å². The minimum Gasteiger partial charge on any atom is -0.480 e. The molecule has 0 fully saturated rings. The molecular weight excluding hydrogens is 543 g/mol. The highest BCUT2D eigenvalue weighted by Gasteiger charge is 2.22. The number of rotatable bonds is 6. The van der Waals surface area contributed by atoms with Crippen molar-refractivity contribution in [2.24, 2.45) is 0 Å². The Hall–Kier alpha value is -5.15. The fourth-order valence-electron chi connectivity index (χ4n) is 4.13. The van der Waals surface area contributed by atoms with Crippen LogP contribution in [-0.2, 0) is 10.0 Å². The number of nitrogens with zero attached hydrogens (tertiary/aromatic N) is 3. The number of nitrogen functional groups attached to an aromatic ring is 1. The predicted octanol–water partition coefficient (Wildman–Crippen LogP) is 5.64. The fraction of sp³-hybridized carbons (Fsp3) is 0.0357. The normalized spacial score (nSPS) is 11.3. The maximum atomic E-state index is 14.6. The third-order valence-corrected chi connectivity index (χ3v) is 7.43. The third kappa shape index (κ3) is 4.97. The summed E-state index contributed by atoms with van der Waals surface area (Å²) >= 11 is 0. The molecule has 12 heteroatoms. The van der Waals surface area contributed by atoms with Gasteiger partial charge >= 0.3 is 0 Å². The first-order valence-corrected chi connectivity index (χ1v) is 13.0. The highest BCUT2D eigenvalue weighted by atomic mass is 32.2. The van der Waals surface area contributed by atoms with Crippen molar-refractivity contribution in [2.45, 2.75) is 4.90 Å². The molecule has 0 radical (unpaired) electrons. The van der Waals surface area contributed by atoms with Gasteiger partial charge in [-0.1, -0.05) is 6.07 Å². The fourth-order valence-corrected chi connectivity index (χ4v) is 5.24. The van der Waals surface area contributed by atoms with Gasteiger partial charge in [-0.3, -0.25) is 4.72 Å². The van der Waals surface area contributed by atoms with Crippen LogP contribution < -0.4 is 15.2 Å². The number of pyridine rings is 2. The van der Waals surface area contributed by atoms with E-state index in [-0.39, 0.29) is 28.5 Å². The molecule has 0 aliphatic heterocycles. The molecule has 0 saturated heterocycles. The number of aromatic nitrogens is 2. The van der Waals surface area contributed by atoms with Crippen LogP contribution in [0.15, 0.2) is 77.8 Å². The monoisotopic (exact) mass is 561 g/mol. The number of fused-ring (bicyclic) bond motifs is 1. The van der Waals surface area contributed by atoms with Crippen LogP contribution in [-0.4, -0.2) is 25.5 Å². The van der Waals surface area contributed by atoms with Crippen molar-refractivity contribution in [3.05, 3.63) is 95.9 Å². The van der Waals surface area contributed by atoms with E-state index in [0.29, 0.717) is 33.7 Å². The number of hydrogen-bond acceptors (Lipinski definition) is 7. The van der Waals surface area contributed by atoms with E-state index in [0.717, 1.165) is 12.1 Å². The lowest BCUT2D eigenvalue weighted by molar-refractivity contribution is 0.400. The van der Waals surface area contributed by atoms with E-state index >= 15 is 0 Å². The highest BCUT2D eigenvalue weighted by Crippen LogP contribution is 2.35. The highest BCUT2D eigenvalue weighted by molar-refractivity contribution is 7.92. The van der Waals surface area contributed by atoms with Gasteiger partial charge in [0, 0.05) is 34.3 Å². The van der Waals surface area contributed by atoms with Crippen molar-refractivity contribution in [1.82, 2.24) is 9.97 Å². The van der Waals surface area contributed by atoms with Crippen LogP contribution in [0, 0.1) is 28.8 Å². The molecule has 5 rings (SSSR count). The second-order valence-electron chi connectivity index (χ2n) is 8.60. The second-order valence-corrected chi connectivity index (χ2v) is 10.2. The van der Waals surface area contributed by atoms with Crippen molar-refractivity contribution in [2.75, 3.05) is 17.6 Å². The topological polar surface area (TPSA) is 131 Å². The number of methoxy groups -OCH3 is 1. The Bertz CT molecular complexity index is 1960. The van der Waals surface area contributed by atoms with Crippen LogP contribution in [0.4, 0.5) is 24.7 Å². The molecule has 3 aromatic carbocycles. The van der Waals surface area contributed by atoms with Gasteiger partial charge in [0.2, 0.25) is 5.88 Å². The zero-order valence-corrected chi connectivity index (χ0v) is 21.4. The van der Waals surface area contributed by atoms with E-state index in [9.17, 15) is 26.9 Å². The minimum atomic E-state index is -4.47. The lowest BCUT2D eigenvalue weighted by Gasteiger charge is -2.14. The number of nitrogens with two attached hydrogens (primary N) is 1. The van der Waals surface area contributed by atoms with Gasteiger partial charge in [0.15, 0.2) is 0 Å². The molecule has 0 spiro atoms. The van der Waals surface area contributed by atoms with E-state index in [4.69, 9.17) is 10.5 Å². The summed E-state index contributed by atoms with van der Waals surface area (Å²) in [5.41, 5.74) is 8.23. The molecule has 5 aromatic rings. The lowest BCUT2D eigenvalue weighted by atomic mass is 9.99. The van der Waals surface area contributed by atoms with E-state index in [1.807, 2.05) is 6.07 Å². The minimum absolute atomic E-state index is 0.0741. The van der Waals surface area contributed by atoms with Gasteiger partial charge in [0.1, 0.15) is 33.9 Å². The molecule has 0 amide bonds. The molecular formula is C28H18F3N5O3S. The molecule has 2 aromatic heterocycles. The maximum Gasteiger partial charge on any atom is 0.264 e. The van der Waals surface area contributed by atoms with Gasteiger partial charge in [-0.2, -0.15) is 5.26 Å². The average molecular weight is 562 g/mol. The zero-order valence-electron chi connectivity index (χ0n) is 20.6. The summed E-state index contributed by atoms with van der Waals surface area (Å²) in [6.07, 6.45) is 1.44. The van der Waals surface area contributed by atoms with E-state index in [1.54, 1.807) is 24.3 Å². The number of anilines is 2. The van der Waals surface area contributed by atoms with Gasteiger partial charge in [-0.25, -0.2) is 31.6 Å². The van der Waals surface area contributed by atoms with Gasteiger partial charge in [0.05, 0.1) is 24.3 Å². The summed E-state index contributed by atoms with van der Waals surface area (Å²) in [5.74, 6) is -2.76. The Balaban J connectivity index is 1.57. The molecule has 0 bridgehead atoms. The Morgan fingerprint density at radius 1 is 0.925 bits per heavy atom. The Morgan fingerprint density at radius 3 is 2.45 bits per heavy atom. The number of ether oxygens (including phenoxy) is 1. The second kappa shape index (κ2) is 10.2. The first-order valence-electron chi connectivity index (χ1n) is 11.5. The predicted molar refractivity (Wildman–Crippen MR) is 143 cm³/mol. The molecule has 0 unspecified atom stereocenters. The van der Waals surface area contributed by atoms with Gasteiger partial charge in [-0.05, 0) is 60.2 Å². The van der Waals surface area contributed by atoms with Crippen LogP contribution in [0.25, 0.3) is 33.2 Å². The van der Waals surface area contributed by atoms with Crippen LogP contribution in [0.5, 0.6) is 5.88 Å². The maximum absolute atomic E-state index is 14.6. The quantitative estimate of drug-likeness (QED) is 0.274. The molecule has 3 N–H and O–H groups in total. The molecule has 8 nitrogen and oxygen atoms in total. The zero-order chi connectivity index (χ0) is 28.6. The van der Waals surface area contributed by atoms with Crippen LogP contribution in [0.2, 0.25) is 0 Å². The summed E-state index contributed by atoms with van der Waals surface area (Å²) in [4.78, 5) is 7.77. The number of halogens is 3. The molecule has 0 atom stereocenters. The smallest absolute Gasteiger partial charge is 0.264 e. The molecule has 0 aliphatic rings. The molecule has 2 heterocycles. The summed E-state index contributed by atoms with van der Waals surface area (Å²) < 4.78 is 75.3. The average Bonchev–Trinajstić information content (AvgIpc) is 2.92. The summed E-state index contributed by atoms with van der Waals surface area (Å²) in [7, 11) is -3.19. The molecule has 200 valence electrons. The first-order chi connectivity index (χ1) is 19.1. The molecule has 40 heavy (non-hydrogen) atoms. The van der Waals surface area contributed by atoms with Crippen LogP contribution in [0.1, 0.15) is 5.56 Å². The van der Waals surface area contributed by atoms with Crippen molar-refractivity contribution >= 4 is 32.4 Å². The number of hydrogen-bond donors (Lipinski definition) is 2. The van der Waals surface area contributed by atoms with Crippen molar-refractivity contribution in [3.8, 4) is 34.2 Å². The van der Waals surface area contributed by atoms with Gasteiger partial charge in [0.25, 0.3) is 10.0 Å².